The summed E-state index contributed by atoms with van der Waals surface area (Å²) in [5.41, 5.74) is 4.47. The number of methoxy groups -OCH3 is 1. The summed E-state index contributed by atoms with van der Waals surface area (Å²) in [6.07, 6.45) is 0. The van der Waals surface area contributed by atoms with Gasteiger partial charge in [0.15, 0.2) is 0 Å². The average Bonchev–Trinajstić information content (AvgIpc) is 3.05. The van der Waals surface area contributed by atoms with Crippen LogP contribution in [0.4, 0.5) is 0 Å². The van der Waals surface area contributed by atoms with Crippen molar-refractivity contribution in [3.05, 3.63) is 88.7 Å². The number of nitrogens with zero attached hydrogens (tertiary/aromatic N) is 2. The molecule has 4 aromatic rings. The third-order valence-corrected chi connectivity index (χ3v) is 4.95. The lowest BCUT2D eigenvalue weighted by Gasteiger charge is -2.11. The molecule has 0 aliphatic rings. The van der Waals surface area contributed by atoms with E-state index in [9.17, 15) is 4.79 Å². The third-order valence-electron chi connectivity index (χ3n) is 4.45. The number of aromatic nitrogens is 2. The first-order valence-corrected chi connectivity index (χ1v) is 9.33. The standard InChI is InChI=1S/C22H17BrN2O2/c1-27-22(26)19-9-5-8-18(24-19)14-25-20-11-10-17(23)12-16(20)13-21(25)15-6-3-2-4-7-15/h2-13H,14H2,1H3. The second-order valence-corrected chi connectivity index (χ2v) is 7.11. The molecular formula is C22H17BrN2O2. The minimum atomic E-state index is -0.429. The van der Waals surface area contributed by atoms with Crippen LogP contribution in [0.3, 0.4) is 0 Å². The van der Waals surface area contributed by atoms with Crippen molar-refractivity contribution in [2.45, 2.75) is 6.54 Å². The van der Waals surface area contributed by atoms with E-state index >= 15 is 0 Å². The fourth-order valence-electron chi connectivity index (χ4n) is 3.21. The van der Waals surface area contributed by atoms with Gasteiger partial charge in [0.05, 0.1) is 19.3 Å². The van der Waals surface area contributed by atoms with Crippen LogP contribution in [0.2, 0.25) is 0 Å². The second-order valence-electron chi connectivity index (χ2n) is 6.19. The van der Waals surface area contributed by atoms with Gasteiger partial charge in [-0.25, -0.2) is 9.78 Å². The van der Waals surface area contributed by atoms with Gasteiger partial charge in [0.1, 0.15) is 5.69 Å². The maximum absolute atomic E-state index is 11.8. The zero-order valence-corrected chi connectivity index (χ0v) is 16.3. The number of hydrogen-bond donors (Lipinski definition) is 0. The molecule has 5 heteroatoms. The zero-order chi connectivity index (χ0) is 18.8. The fraction of sp³-hybridized carbons (Fsp3) is 0.0909. The molecule has 0 aliphatic heterocycles. The Morgan fingerprint density at radius 1 is 1.04 bits per heavy atom. The molecule has 2 aromatic carbocycles. The van der Waals surface area contributed by atoms with Crippen LogP contribution >= 0.6 is 15.9 Å². The molecule has 0 saturated carbocycles. The molecule has 0 bridgehead atoms. The SMILES string of the molecule is COC(=O)c1cccc(Cn2c(-c3ccccc3)cc3cc(Br)ccc32)n1. The van der Waals surface area contributed by atoms with Crippen LogP contribution in [0, 0.1) is 0 Å². The lowest BCUT2D eigenvalue weighted by Crippen LogP contribution is -2.08. The highest BCUT2D eigenvalue weighted by Gasteiger charge is 2.13. The largest absolute Gasteiger partial charge is 0.464 e. The lowest BCUT2D eigenvalue weighted by molar-refractivity contribution is 0.0593. The van der Waals surface area contributed by atoms with Crippen LogP contribution in [0.25, 0.3) is 22.2 Å². The van der Waals surface area contributed by atoms with Gasteiger partial charge in [-0.15, -0.1) is 0 Å². The molecule has 4 nitrogen and oxygen atoms in total. The Bertz CT molecular complexity index is 1120. The Labute approximate surface area is 165 Å². The highest BCUT2D eigenvalue weighted by molar-refractivity contribution is 9.10. The molecule has 2 aromatic heterocycles. The van der Waals surface area contributed by atoms with Gasteiger partial charge >= 0.3 is 5.97 Å². The van der Waals surface area contributed by atoms with Crippen LogP contribution in [-0.2, 0) is 11.3 Å². The molecule has 0 N–H and O–H groups in total. The number of esters is 1. The highest BCUT2D eigenvalue weighted by atomic mass is 79.9. The number of hydrogen-bond acceptors (Lipinski definition) is 3. The van der Waals surface area contributed by atoms with Crippen molar-refractivity contribution < 1.29 is 9.53 Å². The van der Waals surface area contributed by atoms with E-state index in [1.54, 1.807) is 6.07 Å². The minimum Gasteiger partial charge on any atom is -0.464 e. The number of rotatable bonds is 4. The maximum Gasteiger partial charge on any atom is 0.356 e. The van der Waals surface area contributed by atoms with E-state index in [0.717, 1.165) is 32.3 Å². The van der Waals surface area contributed by atoms with Gasteiger partial charge in [-0.1, -0.05) is 52.3 Å². The zero-order valence-electron chi connectivity index (χ0n) is 14.7. The Morgan fingerprint density at radius 3 is 2.63 bits per heavy atom. The van der Waals surface area contributed by atoms with E-state index < -0.39 is 5.97 Å². The van der Waals surface area contributed by atoms with E-state index in [-0.39, 0.29) is 0 Å². The molecule has 27 heavy (non-hydrogen) atoms. The summed E-state index contributed by atoms with van der Waals surface area (Å²) in [5.74, 6) is -0.429. The number of pyridine rings is 1. The van der Waals surface area contributed by atoms with Crippen LogP contribution in [-0.4, -0.2) is 22.6 Å². The van der Waals surface area contributed by atoms with Gasteiger partial charge in [0.2, 0.25) is 0 Å². The van der Waals surface area contributed by atoms with Crippen molar-refractivity contribution in [2.75, 3.05) is 7.11 Å². The predicted molar refractivity (Wildman–Crippen MR) is 110 cm³/mol. The monoisotopic (exact) mass is 420 g/mol. The summed E-state index contributed by atoms with van der Waals surface area (Å²) in [6.45, 7) is 0.556. The van der Waals surface area contributed by atoms with Gasteiger partial charge in [-0.3, -0.25) is 0 Å². The summed E-state index contributed by atoms with van der Waals surface area (Å²) in [7, 11) is 1.36. The van der Waals surface area contributed by atoms with Gasteiger partial charge in [-0.2, -0.15) is 0 Å². The first-order chi connectivity index (χ1) is 13.2. The molecule has 0 aliphatic carbocycles. The first-order valence-electron chi connectivity index (χ1n) is 8.54. The Morgan fingerprint density at radius 2 is 1.85 bits per heavy atom. The first kappa shape index (κ1) is 17.5. The van der Waals surface area contributed by atoms with Crippen LogP contribution in [0.5, 0.6) is 0 Å². The summed E-state index contributed by atoms with van der Waals surface area (Å²) < 4.78 is 8.05. The summed E-state index contributed by atoms with van der Waals surface area (Å²) in [4.78, 5) is 16.3. The second kappa shape index (κ2) is 7.37. The molecule has 0 radical (unpaired) electrons. The smallest absolute Gasteiger partial charge is 0.356 e. The summed E-state index contributed by atoms with van der Waals surface area (Å²) in [5, 5.41) is 1.15. The van der Waals surface area contributed by atoms with Crippen molar-refractivity contribution in [1.82, 2.24) is 9.55 Å². The molecule has 0 fully saturated rings. The number of fused-ring (bicyclic) bond motifs is 1. The van der Waals surface area contributed by atoms with Crippen molar-refractivity contribution in [2.24, 2.45) is 0 Å². The topological polar surface area (TPSA) is 44.1 Å². The molecule has 2 heterocycles. The van der Waals surface area contributed by atoms with Crippen molar-refractivity contribution >= 4 is 32.8 Å². The van der Waals surface area contributed by atoms with E-state index in [1.165, 1.54) is 7.11 Å². The molecule has 134 valence electrons. The van der Waals surface area contributed by atoms with Crippen LogP contribution in [0.15, 0.2) is 77.3 Å². The molecular weight excluding hydrogens is 404 g/mol. The van der Waals surface area contributed by atoms with Gasteiger partial charge in [0.25, 0.3) is 0 Å². The third kappa shape index (κ3) is 3.51. The molecule has 0 unspecified atom stereocenters. The van der Waals surface area contributed by atoms with Crippen molar-refractivity contribution in [3.8, 4) is 11.3 Å². The number of carbonyl (C=O) groups is 1. The predicted octanol–water partition coefficient (Wildman–Crippen LogP) is 5.30. The van der Waals surface area contributed by atoms with E-state index in [4.69, 9.17) is 4.74 Å². The molecule has 0 saturated heterocycles. The number of ether oxygens (including phenoxy) is 1. The minimum absolute atomic E-state index is 0.315. The van der Waals surface area contributed by atoms with Gasteiger partial charge in [0, 0.05) is 21.1 Å². The van der Waals surface area contributed by atoms with Crippen LogP contribution in [0.1, 0.15) is 16.2 Å². The average molecular weight is 421 g/mol. The van der Waals surface area contributed by atoms with Crippen molar-refractivity contribution in [3.63, 3.8) is 0 Å². The van der Waals surface area contributed by atoms with Gasteiger partial charge in [-0.05, 0) is 42.0 Å². The summed E-state index contributed by atoms with van der Waals surface area (Å²) >= 11 is 3.55. The van der Waals surface area contributed by atoms with E-state index in [1.807, 2.05) is 36.4 Å². The molecule has 0 spiro atoms. The number of carbonyl (C=O) groups excluding carboxylic acids is 1. The molecule has 4 rings (SSSR count). The highest BCUT2D eigenvalue weighted by Crippen LogP contribution is 2.30. The number of benzene rings is 2. The van der Waals surface area contributed by atoms with E-state index in [0.29, 0.717) is 12.2 Å². The lowest BCUT2D eigenvalue weighted by atomic mass is 10.1. The normalized spacial score (nSPS) is 10.9. The van der Waals surface area contributed by atoms with Crippen LogP contribution < -0.4 is 0 Å². The summed E-state index contributed by atoms with van der Waals surface area (Å²) in [6, 6.07) is 24.1. The Hall–Kier alpha value is -2.92. The Balaban J connectivity index is 1.84. The molecule has 0 atom stereocenters. The quantitative estimate of drug-likeness (QED) is 0.420. The Kier molecular flexibility index (Phi) is 4.77. The number of halogens is 1. The van der Waals surface area contributed by atoms with E-state index in [2.05, 4.69) is 55.8 Å². The molecule has 0 amide bonds. The fourth-order valence-corrected chi connectivity index (χ4v) is 3.59. The van der Waals surface area contributed by atoms with Crippen molar-refractivity contribution in [1.29, 1.82) is 0 Å². The van der Waals surface area contributed by atoms with Gasteiger partial charge < -0.3 is 9.30 Å². The maximum atomic E-state index is 11.8.